The Morgan fingerprint density at radius 2 is 1.66 bits per heavy atom. The highest BCUT2D eigenvalue weighted by atomic mass is 32.2. The molecule has 0 fully saturated rings. The number of aliphatic carboxylic acids is 1. The summed E-state index contributed by atoms with van der Waals surface area (Å²) in [5, 5.41) is 24.5. The highest BCUT2D eigenvalue weighted by Gasteiger charge is 2.38. The first-order valence-corrected chi connectivity index (χ1v) is 13.1. The summed E-state index contributed by atoms with van der Waals surface area (Å²) >= 11 is 2.52. The fraction of sp³-hybridized carbons (Fsp3) is 0.182. The van der Waals surface area contributed by atoms with Gasteiger partial charge in [0.1, 0.15) is 11.6 Å². The third-order valence-electron chi connectivity index (χ3n) is 4.60. The first-order chi connectivity index (χ1) is 16.1. The van der Waals surface area contributed by atoms with E-state index in [4.69, 9.17) is 21.0 Å². The van der Waals surface area contributed by atoms with E-state index in [0.29, 0.717) is 9.09 Å². The van der Waals surface area contributed by atoms with E-state index < -0.39 is 22.0 Å². The molecule has 0 saturated heterocycles. The predicted octanol–water partition coefficient (Wildman–Crippen LogP) is 5.21. The molecule has 1 aromatic heterocycles. The number of carboxylic acids is 1. The zero-order valence-electron chi connectivity index (χ0n) is 18.6. The Bertz CT molecular complexity index is 1360. The predicted molar refractivity (Wildman–Crippen MR) is 129 cm³/mol. The smallest absolute Gasteiger partial charge is 0.490 e. The van der Waals surface area contributed by atoms with Crippen molar-refractivity contribution in [1.29, 1.82) is 5.41 Å². The number of carbonyl (C=O) groups is 1. The number of nitrogens with two attached hydrogens (primary N) is 1. The minimum absolute atomic E-state index is 0.147. The fourth-order valence-electron chi connectivity index (χ4n) is 3.16. The quantitative estimate of drug-likeness (QED) is 0.196. The number of carboxylic acid groups (broad SMARTS) is 1. The van der Waals surface area contributed by atoms with Gasteiger partial charge in [0.15, 0.2) is 0 Å². The lowest BCUT2D eigenvalue weighted by Crippen LogP contribution is -2.21. The SMILES string of the molecule is CSc1sc(C(=N)N)cc1S(=O)(=O)c1cccc(-c2c(C)cc(O)cc2C)c1.O=C(O)C(F)(F)F. The van der Waals surface area contributed by atoms with Crippen molar-refractivity contribution in [2.75, 3.05) is 6.26 Å². The van der Waals surface area contributed by atoms with E-state index in [2.05, 4.69) is 0 Å². The van der Waals surface area contributed by atoms with Crippen LogP contribution in [0.4, 0.5) is 13.2 Å². The van der Waals surface area contributed by atoms with Crippen molar-refractivity contribution in [1.82, 2.24) is 0 Å². The summed E-state index contributed by atoms with van der Waals surface area (Å²) in [7, 11) is -3.77. The number of hydrogen-bond donors (Lipinski definition) is 4. The van der Waals surface area contributed by atoms with Crippen molar-refractivity contribution >= 4 is 44.7 Å². The third-order valence-corrected chi connectivity index (χ3v) is 8.94. The number of thioether (sulfide) groups is 1. The van der Waals surface area contributed by atoms with E-state index in [1.165, 1.54) is 29.2 Å². The molecule has 0 aliphatic rings. The average molecular weight is 547 g/mol. The molecular formula is C22H21F3N2O5S3. The molecule has 0 amide bonds. The van der Waals surface area contributed by atoms with E-state index in [0.717, 1.165) is 22.3 Å². The van der Waals surface area contributed by atoms with Crippen LogP contribution in [-0.2, 0) is 14.6 Å². The minimum atomic E-state index is -5.08. The van der Waals surface area contributed by atoms with Crippen LogP contribution in [0.25, 0.3) is 11.1 Å². The van der Waals surface area contributed by atoms with Gasteiger partial charge >= 0.3 is 12.1 Å². The molecule has 188 valence electrons. The van der Waals surface area contributed by atoms with Gasteiger partial charge in [-0.15, -0.1) is 23.1 Å². The Morgan fingerprint density at radius 1 is 1.11 bits per heavy atom. The van der Waals surface area contributed by atoms with Crippen molar-refractivity contribution in [3.63, 3.8) is 0 Å². The van der Waals surface area contributed by atoms with E-state index >= 15 is 0 Å². The van der Waals surface area contributed by atoms with Crippen LogP contribution in [-0.4, -0.2) is 42.9 Å². The Balaban J connectivity index is 0.000000540. The molecule has 0 aliphatic carbocycles. The summed E-state index contributed by atoms with van der Waals surface area (Å²) in [4.78, 5) is 9.68. The molecule has 0 saturated carbocycles. The second-order valence-electron chi connectivity index (χ2n) is 7.17. The standard InChI is InChI=1S/C20H20N2O3S3.C2HF3O2/c1-11-7-14(23)8-12(2)18(11)13-5-4-6-15(9-13)28(24,25)17-10-16(19(21)22)27-20(17)26-3;3-2(4,5)1(6)7/h4-10,23H,1-3H3,(H3,21,22);(H,6,7). The van der Waals surface area contributed by atoms with Crippen molar-refractivity contribution in [3.05, 3.63) is 58.5 Å². The highest BCUT2D eigenvalue weighted by Crippen LogP contribution is 2.38. The van der Waals surface area contributed by atoms with Gasteiger partial charge in [-0.1, -0.05) is 12.1 Å². The van der Waals surface area contributed by atoms with Crippen LogP contribution in [0.1, 0.15) is 16.0 Å². The fourth-order valence-corrected chi connectivity index (χ4v) is 7.06. The van der Waals surface area contributed by atoms with E-state index in [9.17, 15) is 26.7 Å². The number of sulfone groups is 1. The topological polar surface area (TPSA) is 142 Å². The lowest BCUT2D eigenvalue weighted by Gasteiger charge is -2.13. The number of halogens is 3. The first kappa shape index (κ1) is 28.2. The number of hydrogen-bond acceptors (Lipinski definition) is 7. The van der Waals surface area contributed by atoms with Crippen LogP contribution in [0.3, 0.4) is 0 Å². The molecule has 0 aliphatic heterocycles. The molecular weight excluding hydrogens is 525 g/mol. The molecule has 0 atom stereocenters. The number of thiophene rings is 1. The number of rotatable bonds is 5. The van der Waals surface area contributed by atoms with Crippen LogP contribution in [0.15, 0.2) is 56.5 Å². The summed E-state index contributed by atoms with van der Waals surface area (Å²) in [5.41, 5.74) is 8.95. The number of alkyl halides is 3. The molecule has 0 unspecified atom stereocenters. The molecule has 3 rings (SSSR count). The molecule has 3 aromatic rings. The molecule has 0 spiro atoms. The molecule has 1 heterocycles. The van der Waals surface area contributed by atoms with Gasteiger partial charge < -0.3 is 15.9 Å². The summed E-state index contributed by atoms with van der Waals surface area (Å²) in [6.07, 6.45) is -3.28. The first-order valence-electron chi connectivity index (χ1n) is 9.57. The Morgan fingerprint density at radius 3 is 2.11 bits per heavy atom. The van der Waals surface area contributed by atoms with Gasteiger partial charge in [-0.3, -0.25) is 5.41 Å². The van der Waals surface area contributed by atoms with Crippen molar-refractivity contribution in [2.45, 2.75) is 34.0 Å². The Labute approximate surface area is 207 Å². The zero-order valence-corrected chi connectivity index (χ0v) is 21.0. The zero-order chi connectivity index (χ0) is 26.7. The summed E-state index contributed by atoms with van der Waals surface area (Å²) < 4.78 is 58.9. The lowest BCUT2D eigenvalue weighted by molar-refractivity contribution is -0.192. The van der Waals surface area contributed by atoms with Gasteiger partial charge in [-0.05, 0) is 72.7 Å². The van der Waals surface area contributed by atoms with Gasteiger partial charge in [0.2, 0.25) is 9.84 Å². The molecule has 2 aromatic carbocycles. The highest BCUT2D eigenvalue weighted by molar-refractivity contribution is 8.01. The van der Waals surface area contributed by atoms with Gasteiger partial charge in [-0.25, -0.2) is 13.2 Å². The maximum atomic E-state index is 13.3. The van der Waals surface area contributed by atoms with Crippen LogP contribution < -0.4 is 5.73 Å². The number of phenolic OH excluding ortho intramolecular Hbond substituents is 1. The molecule has 0 bridgehead atoms. The van der Waals surface area contributed by atoms with Gasteiger partial charge in [-0.2, -0.15) is 13.2 Å². The van der Waals surface area contributed by atoms with Crippen LogP contribution >= 0.6 is 23.1 Å². The molecule has 5 N–H and O–H groups in total. The summed E-state index contributed by atoms with van der Waals surface area (Å²) in [6, 6.07) is 11.6. The monoisotopic (exact) mass is 546 g/mol. The van der Waals surface area contributed by atoms with E-state index in [-0.39, 0.29) is 21.4 Å². The normalized spacial score (nSPS) is 11.5. The number of aryl methyl sites for hydroxylation is 2. The van der Waals surface area contributed by atoms with Gasteiger partial charge in [0.05, 0.1) is 18.9 Å². The number of nitrogen functional groups attached to an aromatic ring is 1. The number of amidine groups is 1. The largest absolute Gasteiger partial charge is 0.508 e. The van der Waals surface area contributed by atoms with Crippen LogP contribution in [0.2, 0.25) is 0 Å². The summed E-state index contributed by atoms with van der Waals surface area (Å²) in [6.45, 7) is 3.76. The third kappa shape index (κ3) is 6.55. The number of aromatic hydroxyl groups is 1. The molecule has 13 heteroatoms. The number of nitrogens with one attached hydrogen (secondary N) is 1. The Kier molecular flexibility index (Phi) is 8.63. The van der Waals surface area contributed by atoms with Crippen LogP contribution in [0.5, 0.6) is 5.75 Å². The van der Waals surface area contributed by atoms with E-state index in [1.807, 2.05) is 19.9 Å². The van der Waals surface area contributed by atoms with Crippen molar-refractivity contribution in [2.24, 2.45) is 5.73 Å². The van der Waals surface area contributed by atoms with Crippen LogP contribution in [0, 0.1) is 19.3 Å². The van der Waals surface area contributed by atoms with Gasteiger partial charge in [0, 0.05) is 0 Å². The van der Waals surface area contributed by atoms with Gasteiger partial charge in [0.25, 0.3) is 0 Å². The number of phenols is 1. The minimum Gasteiger partial charge on any atom is -0.508 e. The second kappa shape index (κ2) is 10.7. The van der Waals surface area contributed by atoms with Crippen molar-refractivity contribution < 1.29 is 36.6 Å². The number of benzene rings is 2. The maximum absolute atomic E-state index is 13.3. The maximum Gasteiger partial charge on any atom is 0.490 e. The van der Waals surface area contributed by atoms with E-state index in [1.54, 1.807) is 36.6 Å². The molecule has 0 radical (unpaired) electrons. The second-order valence-corrected chi connectivity index (χ2v) is 11.2. The lowest BCUT2D eigenvalue weighted by atomic mass is 9.95. The summed E-state index contributed by atoms with van der Waals surface area (Å²) in [5.74, 6) is -2.72. The Hall–Kier alpha value is -3.03. The molecule has 7 nitrogen and oxygen atoms in total. The van der Waals surface area contributed by atoms with Crippen molar-refractivity contribution in [3.8, 4) is 16.9 Å². The average Bonchev–Trinajstić information content (AvgIpc) is 3.19. The molecule has 35 heavy (non-hydrogen) atoms.